The van der Waals surface area contributed by atoms with Crippen LogP contribution in [0.25, 0.3) is 10.9 Å². The second-order valence-electron chi connectivity index (χ2n) is 5.39. The third kappa shape index (κ3) is 4.98. The standard InChI is InChI=1S/C17H15N3O4S3/c21-20(22)14-6-2-7-15(12-14)26-25-11-10-19-27(23,24)16-8-1-4-13-5-3-9-18-17(13)16/h1-9,12,19H,10-11H2. The number of para-hydroxylation sites is 1. The largest absolute Gasteiger partial charge is 0.270 e. The highest BCUT2D eigenvalue weighted by atomic mass is 33.1. The molecule has 0 saturated heterocycles. The zero-order valence-electron chi connectivity index (χ0n) is 13.9. The summed E-state index contributed by atoms with van der Waals surface area (Å²) in [4.78, 5) is 15.4. The fourth-order valence-corrected chi connectivity index (χ4v) is 5.61. The number of nitro groups is 1. The van der Waals surface area contributed by atoms with Crippen molar-refractivity contribution in [2.75, 3.05) is 12.3 Å². The van der Waals surface area contributed by atoms with Gasteiger partial charge in [0.2, 0.25) is 10.0 Å². The first-order chi connectivity index (χ1) is 13.0. The first-order valence-corrected chi connectivity index (χ1v) is 11.6. The topological polar surface area (TPSA) is 102 Å². The average molecular weight is 422 g/mol. The third-order valence-electron chi connectivity index (χ3n) is 3.55. The molecular weight excluding hydrogens is 406 g/mol. The lowest BCUT2D eigenvalue weighted by Crippen LogP contribution is -2.26. The fourth-order valence-electron chi connectivity index (χ4n) is 2.35. The number of nitro benzene ring substituents is 1. The van der Waals surface area contributed by atoms with Crippen LogP contribution in [0.15, 0.2) is 70.6 Å². The molecule has 1 N–H and O–H groups in total. The monoisotopic (exact) mass is 421 g/mol. The number of nitrogens with zero attached hydrogens (tertiary/aromatic N) is 2. The van der Waals surface area contributed by atoms with E-state index in [9.17, 15) is 18.5 Å². The first kappa shape index (κ1) is 19.6. The van der Waals surface area contributed by atoms with E-state index in [0.717, 1.165) is 10.3 Å². The molecule has 0 atom stereocenters. The third-order valence-corrected chi connectivity index (χ3v) is 7.40. The molecule has 27 heavy (non-hydrogen) atoms. The molecule has 3 rings (SSSR count). The van der Waals surface area contributed by atoms with E-state index in [1.54, 1.807) is 30.5 Å². The van der Waals surface area contributed by atoms with Crippen LogP contribution in [0.4, 0.5) is 5.69 Å². The fraction of sp³-hybridized carbons (Fsp3) is 0.118. The quantitative estimate of drug-likeness (QED) is 0.255. The SMILES string of the molecule is O=[N+]([O-])c1cccc(SSCCNS(=O)(=O)c2cccc3cccnc23)c1. The molecule has 140 valence electrons. The van der Waals surface area contributed by atoms with E-state index in [0.29, 0.717) is 11.3 Å². The Morgan fingerprint density at radius 3 is 2.70 bits per heavy atom. The second kappa shape index (κ2) is 8.70. The molecule has 0 fully saturated rings. The van der Waals surface area contributed by atoms with Crippen molar-refractivity contribution >= 4 is 48.2 Å². The maximum atomic E-state index is 12.6. The minimum Gasteiger partial charge on any atom is -0.258 e. The van der Waals surface area contributed by atoms with E-state index in [-0.39, 0.29) is 17.1 Å². The molecule has 7 nitrogen and oxygen atoms in total. The van der Waals surface area contributed by atoms with E-state index < -0.39 is 14.9 Å². The van der Waals surface area contributed by atoms with Gasteiger partial charge in [0.05, 0.1) is 10.4 Å². The Balaban J connectivity index is 1.57. The van der Waals surface area contributed by atoms with Crippen LogP contribution in [-0.2, 0) is 10.0 Å². The summed E-state index contributed by atoms with van der Waals surface area (Å²) in [5.74, 6) is 0.505. The number of hydrogen-bond donors (Lipinski definition) is 1. The van der Waals surface area contributed by atoms with Crippen molar-refractivity contribution in [3.63, 3.8) is 0 Å². The molecule has 10 heteroatoms. The molecule has 0 bridgehead atoms. The number of rotatable bonds is 8. The lowest BCUT2D eigenvalue weighted by Gasteiger charge is -2.08. The van der Waals surface area contributed by atoms with Crippen molar-refractivity contribution in [3.8, 4) is 0 Å². The van der Waals surface area contributed by atoms with Gasteiger partial charge in [-0.1, -0.05) is 45.9 Å². The highest BCUT2D eigenvalue weighted by molar-refractivity contribution is 8.76. The molecule has 0 aliphatic heterocycles. The number of hydrogen-bond acceptors (Lipinski definition) is 7. The summed E-state index contributed by atoms with van der Waals surface area (Å²) in [6.07, 6.45) is 1.56. The Kier molecular flexibility index (Phi) is 6.32. The van der Waals surface area contributed by atoms with Gasteiger partial charge in [-0.2, -0.15) is 0 Å². The number of pyridine rings is 1. The van der Waals surface area contributed by atoms with Crippen LogP contribution in [0.2, 0.25) is 0 Å². The van der Waals surface area contributed by atoms with Gasteiger partial charge in [0.15, 0.2) is 0 Å². The van der Waals surface area contributed by atoms with E-state index in [1.165, 1.54) is 39.8 Å². The summed E-state index contributed by atoms with van der Waals surface area (Å²) in [5, 5.41) is 11.5. The van der Waals surface area contributed by atoms with Crippen molar-refractivity contribution in [2.24, 2.45) is 0 Å². The van der Waals surface area contributed by atoms with Crippen LogP contribution in [0.5, 0.6) is 0 Å². The minimum atomic E-state index is -3.67. The summed E-state index contributed by atoms with van der Waals surface area (Å²) in [6, 6.07) is 14.9. The van der Waals surface area contributed by atoms with Crippen molar-refractivity contribution in [1.82, 2.24) is 9.71 Å². The van der Waals surface area contributed by atoms with Gasteiger partial charge >= 0.3 is 0 Å². The zero-order chi connectivity index (χ0) is 19.3. The molecule has 0 unspecified atom stereocenters. The molecule has 0 amide bonds. The molecular formula is C17H15N3O4S3. The Morgan fingerprint density at radius 2 is 1.89 bits per heavy atom. The highest BCUT2D eigenvalue weighted by Crippen LogP contribution is 2.32. The number of sulfonamides is 1. The van der Waals surface area contributed by atoms with Crippen LogP contribution in [0, 0.1) is 10.1 Å². The van der Waals surface area contributed by atoms with Crippen LogP contribution in [-0.4, -0.2) is 30.6 Å². The first-order valence-electron chi connectivity index (χ1n) is 7.85. The Hall–Kier alpha value is -2.14. The number of nitrogens with one attached hydrogen (secondary N) is 1. The van der Waals surface area contributed by atoms with Crippen LogP contribution < -0.4 is 4.72 Å². The molecule has 0 saturated carbocycles. The number of aromatic nitrogens is 1. The maximum Gasteiger partial charge on any atom is 0.270 e. The predicted octanol–water partition coefficient (Wildman–Crippen LogP) is 3.86. The summed E-state index contributed by atoms with van der Waals surface area (Å²) < 4.78 is 27.7. The minimum absolute atomic E-state index is 0.0322. The maximum absolute atomic E-state index is 12.6. The van der Waals surface area contributed by atoms with Crippen molar-refractivity contribution in [1.29, 1.82) is 0 Å². The highest BCUT2D eigenvalue weighted by Gasteiger charge is 2.17. The summed E-state index contributed by atoms with van der Waals surface area (Å²) >= 11 is 0. The molecule has 0 spiro atoms. The molecule has 0 radical (unpaired) electrons. The molecule has 1 heterocycles. The zero-order valence-corrected chi connectivity index (χ0v) is 16.4. The van der Waals surface area contributed by atoms with Gasteiger partial charge in [-0.3, -0.25) is 15.1 Å². The van der Waals surface area contributed by atoms with E-state index in [2.05, 4.69) is 9.71 Å². The van der Waals surface area contributed by atoms with Gasteiger partial charge in [-0.15, -0.1) is 0 Å². The average Bonchev–Trinajstić information content (AvgIpc) is 2.67. The van der Waals surface area contributed by atoms with Crippen molar-refractivity contribution in [2.45, 2.75) is 9.79 Å². The Labute approximate surface area is 164 Å². The van der Waals surface area contributed by atoms with Crippen molar-refractivity contribution in [3.05, 3.63) is 70.9 Å². The number of fused-ring (bicyclic) bond motifs is 1. The lowest BCUT2D eigenvalue weighted by atomic mass is 10.2. The van der Waals surface area contributed by atoms with E-state index in [4.69, 9.17) is 0 Å². The second-order valence-corrected chi connectivity index (χ2v) is 9.61. The van der Waals surface area contributed by atoms with Gasteiger partial charge < -0.3 is 0 Å². The van der Waals surface area contributed by atoms with E-state index >= 15 is 0 Å². The summed E-state index contributed by atoms with van der Waals surface area (Å²) in [6.45, 7) is 0.234. The van der Waals surface area contributed by atoms with Gasteiger partial charge in [0.25, 0.3) is 5.69 Å². The molecule has 1 aromatic heterocycles. The summed E-state index contributed by atoms with van der Waals surface area (Å²) in [7, 11) is -0.891. The van der Waals surface area contributed by atoms with Crippen molar-refractivity contribution < 1.29 is 13.3 Å². The van der Waals surface area contributed by atoms with Gasteiger partial charge in [-0.05, 0) is 18.2 Å². The normalized spacial score (nSPS) is 11.6. The van der Waals surface area contributed by atoms with Crippen LogP contribution in [0.3, 0.4) is 0 Å². The Bertz CT molecular complexity index is 1070. The number of benzene rings is 2. The molecule has 0 aliphatic rings. The smallest absolute Gasteiger partial charge is 0.258 e. The molecule has 3 aromatic rings. The molecule has 0 aliphatic carbocycles. The van der Waals surface area contributed by atoms with Gasteiger partial charge in [0, 0.05) is 40.9 Å². The molecule has 2 aromatic carbocycles. The number of non-ortho nitro benzene ring substituents is 1. The predicted molar refractivity (Wildman–Crippen MR) is 108 cm³/mol. The van der Waals surface area contributed by atoms with Crippen LogP contribution >= 0.6 is 21.6 Å². The summed E-state index contributed by atoms with van der Waals surface area (Å²) in [5.41, 5.74) is 0.468. The lowest BCUT2D eigenvalue weighted by molar-refractivity contribution is -0.385. The van der Waals surface area contributed by atoms with E-state index in [1.807, 2.05) is 12.1 Å². The van der Waals surface area contributed by atoms with Gasteiger partial charge in [-0.25, -0.2) is 13.1 Å². The van der Waals surface area contributed by atoms with Crippen LogP contribution in [0.1, 0.15) is 0 Å². The Morgan fingerprint density at radius 1 is 1.11 bits per heavy atom. The van der Waals surface area contributed by atoms with Gasteiger partial charge in [0.1, 0.15) is 4.90 Å².